The third-order valence-corrected chi connectivity index (χ3v) is 3.99. The SMILES string of the molecule is N#CC1(Nc2ccccc2Cl)CCc2ccccc21. The van der Waals surface area contributed by atoms with Gasteiger partial charge in [0.2, 0.25) is 0 Å². The maximum absolute atomic E-state index is 9.66. The summed E-state index contributed by atoms with van der Waals surface area (Å²) < 4.78 is 0. The third kappa shape index (κ3) is 1.97. The number of halogens is 1. The fourth-order valence-corrected chi connectivity index (χ4v) is 2.86. The molecule has 0 aromatic heterocycles. The van der Waals surface area contributed by atoms with Crippen LogP contribution in [-0.4, -0.2) is 0 Å². The van der Waals surface area contributed by atoms with Crippen molar-refractivity contribution in [3.05, 3.63) is 64.7 Å². The monoisotopic (exact) mass is 268 g/mol. The molecular weight excluding hydrogens is 256 g/mol. The summed E-state index contributed by atoms with van der Waals surface area (Å²) in [5.74, 6) is 0. The Bertz CT molecular complexity index is 660. The lowest BCUT2D eigenvalue weighted by atomic mass is 9.93. The van der Waals surface area contributed by atoms with E-state index in [2.05, 4.69) is 17.5 Å². The lowest BCUT2D eigenvalue weighted by molar-refractivity contribution is 0.621. The summed E-state index contributed by atoms with van der Waals surface area (Å²) in [4.78, 5) is 0. The van der Waals surface area contributed by atoms with Crippen molar-refractivity contribution in [2.45, 2.75) is 18.4 Å². The number of nitrogens with one attached hydrogen (secondary N) is 1. The number of rotatable bonds is 2. The van der Waals surface area contributed by atoms with Gasteiger partial charge in [-0.15, -0.1) is 0 Å². The van der Waals surface area contributed by atoms with Gasteiger partial charge in [0.1, 0.15) is 0 Å². The van der Waals surface area contributed by atoms with E-state index in [4.69, 9.17) is 11.6 Å². The highest BCUT2D eigenvalue weighted by Gasteiger charge is 2.39. The van der Waals surface area contributed by atoms with Gasteiger partial charge in [-0.2, -0.15) is 5.26 Å². The first-order chi connectivity index (χ1) is 9.25. The van der Waals surface area contributed by atoms with Crippen molar-refractivity contribution in [3.63, 3.8) is 0 Å². The number of anilines is 1. The molecule has 0 fully saturated rings. The van der Waals surface area contributed by atoms with Gasteiger partial charge in [-0.25, -0.2) is 0 Å². The minimum atomic E-state index is -0.665. The quantitative estimate of drug-likeness (QED) is 0.889. The van der Waals surface area contributed by atoms with Crippen LogP contribution in [0.2, 0.25) is 5.02 Å². The number of hydrogen-bond acceptors (Lipinski definition) is 2. The Balaban J connectivity index is 2.04. The summed E-state index contributed by atoms with van der Waals surface area (Å²) in [6, 6.07) is 18.1. The van der Waals surface area contributed by atoms with Crippen LogP contribution in [0.3, 0.4) is 0 Å². The molecular formula is C16H13ClN2. The fourth-order valence-electron chi connectivity index (χ4n) is 2.68. The molecule has 0 saturated carbocycles. The molecule has 0 spiro atoms. The molecule has 0 aliphatic heterocycles. The predicted molar refractivity (Wildman–Crippen MR) is 77.1 cm³/mol. The molecule has 0 bridgehead atoms. The molecule has 0 heterocycles. The Hall–Kier alpha value is -1.98. The van der Waals surface area contributed by atoms with Crippen LogP contribution < -0.4 is 5.32 Å². The van der Waals surface area contributed by atoms with Gasteiger partial charge >= 0.3 is 0 Å². The smallest absolute Gasteiger partial charge is 0.151 e. The second kappa shape index (κ2) is 4.60. The molecule has 0 saturated heterocycles. The molecule has 2 aromatic carbocycles. The number of para-hydroxylation sites is 1. The zero-order chi connectivity index (χ0) is 13.3. The van der Waals surface area contributed by atoms with Crippen molar-refractivity contribution < 1.29 is 0 Å². The minimum absolute atomic E-state index is 0.640. The Morgan fingerprint density at radius 2 is 1.84 bits per heavy atom. The van der Waals surface area contributed by atoms with Gasteiger partial charge in [-0.1, -0.05) is 48.0 Å². The Kier molecular flexibility index (Phi) is 2.93. The zero-order valence-corrected chi connectivity index (χ0v) is 11.1. The van der Waals surface area contributed by atoms with Crippen LogP contribution in [0.4, 0.5) is 5.69 Å². The maximum Gasteiger partial charge on any atom is 0.151 e. The Morgan fingerprint density at radius 3 is 2.63 bits per heavy atom. The Morgan fingerprint density at radius 1 is 1.11 bits per heavy atom. The largest absolute Gasteiger partial charge is 0.362 e. The second-order valence-corrected chi connectivity index (χ2v) is 5.19. The highest BCUT2D eigenvalue weighted by Crippen LogP contribution is 2.40. The van der Waals surface area contributed by atoms with Crippen LogP contribution in [0.5, 0.6) is 0 Å². The first-order valence-corrected chi connectivity index (χ1v) is 6.65. The molecule has 2 aromatic rings. The fraction of sp³-hybridized carbons (Fsp3) is 0.188. The molecule has 0 radical (unpaired) electrons. The third-order valence-electron chi connectivity index (χ3n) is 3.66. The van der Waals surface area contributed by atoms with Gasteiger partial charge in [0.25, 0.3) is 0 Å². The molecule has 3 rings (SSSR count). The topological polar surface area (TPSA) is 35.8 Å². The van der Waals surface area contributed by atoms with Crippen molar-refractivity contribution in [1.29, 1.82) is 5.26 Å². The highest BCUT2D eigenvalue weighted by atomic mass is 35.5. The summed E-state index contributed by atoms with van der Waals surface area (Å²) >= 11 is 6.18. The first kappa shape index (κ1) is 12.1. The van der Waals surface area contributed by atoms with Crippen LogP contribution in [0.25, 0.3) is 0 Å². The van der Waals surface area contributed by atoms with Crippen LogP contribution in [-0.2, 0) is 12.0 Å². The number of nitriles is 1. The number of nitrogens with zero attached hydrogens (tertiary/aromatic N) is 1. The molecule has 1 aliphatic carbocycles. The van der Waals surface area contributed by atoms with Crippen molar-refractivity contribution in [2.75, 3.05) is 5.32 Å². The van der Waals surface area contributed by atoms with Crippen LogP contribution in [0, 0.1) is 11.3 Å². The molecule has 1 atom stereocenters. The van der Waals surface area contributed by atoms with Crippen molar-refractivity contribution in [2.24, 2.45) is 0 Å². The predicted octanol–water partition coefficient (Wildman–Crippen LogP) is 4.12. The van der Waals surface area contributed by atoms with Gasteiger partial charge < -0.3 is 5.32 Å². The van der Waals surface area contributed by atoms with E-state index in [0.29, 0.717) is 5.02 Å². The van der Waals surface area contributed by atoms with Gasteiger partial charge in [-0.05, 0) is 36.1 Å². The number of aryl methyl sites for hydroxylation is 1. The molecule has 1 unspecified atom stereocenters. The van der Waals surface area contributed by atoms with Crippen LogP contribution in [0.15, 0.2) is 48.5 Å². The number of hydrogen-bond donors (Lipinski definition) is 1. The first-order valence-electron chi connectivity index (χ1n) is 6.27. The molecule has 94 valence electrons. The standard InChI is InChI=1S/C16H13ClN2/c17-14-7-3-4-8-15(14)19-16(11-18)10-9-12-5-1-2-6-13(12)16/h1-8,19H,9-10H2. The molecule has 2 nitrogen and oxygen atoms in total. The van der Waals surface area contributed by atoms with E-state index in [1.807, 2.05) is 42.5 Å². The van der Waals surface area contributed by atoms with Gasteiger partial charge in [0.05, 0.1) is 16.8 Å². The average Bonchev–Trinajstić information content (AvgIpc) is 2.81. The summed E-state index contributed by atoms with van der Waals surface area (Å²) in [5, 5.41) is 13.6. The molecule has 3 heteroatoms. The van der Waals surface area contributed by atoms with E-state index >= 15 is 0 Å². The van der Waals surface area contributed by atoms with Gasteiger partial charge in [-0.3, -0.25) is 0 Å². The molecule has 0 amide bonds. The van der Waals surface area contributed by atoms with Crippen molar-refractivity contribution in [3.8, 4) is 6.07 Å². The lowest BCUT2D eigenvalue weighted by Crippen LogP contribution is -2.31. The number of benzene rings is 2. The number of fused-ring (bicyclic) bond motifs is 1. The van der Waals surface area contributed by atoms with E-state index in [0.717, 1.165) is 24.1 Å². The van der Waals surface area contributed by atoms with Gasteiger partial charge in [0, 0.05) is 0 Å². The molecule has 1 aliphatic rings. The van der Waals surface area contributed by atoms with E-state index in [9.17, 15) is 5.26 Å². The second-order valence-electron chi connectivity index (χ2n) is 4.78. The van der Waals surface area contributed by atoms with Crippen LogP contribution >= 0.6 is 11.6 Å². The summed E-state index contributed by atoms with van der Waals surface area (Å²) in [7, 11) is 0. The van der Waals surface area contributed by atoms with E-state index in [1.165, 1.54) is 5.56 Å². The van der Waals surface area contributed by atoms with Crippen molar-refractivity contribution in [1.82, 2.24) is 0 Å². The summed E-state index contributed by atoms with van der Waals surface area (Å²) in [6.07, 6.45) is 1.69. The zero-order valence-electron chi connectivity index (χ0n) is 10.4. The van der Waals surface area contributed by atoms with Gasteiger partial charge in [0.15, 0.2) is 5.54 Å². The molecule has 1 N–H and O–H groups in total. The summed E-state index contributed by atoms with van der Waals surface area (Å²) in [5.41, 5.74) is 2.45. The maximum atomic E-state index is 9.66. The lowest BCUT2D eigenvalue weighted by Gasteiger charge is -2.25. The minimum Gasteiger partial charge on any atom is -0.362 e. The van der Waals surface area contributed by atoms with E-state index < -0.39 is 5.54 Å². The summed E-state index contributed by atoms with van der Waals surface area (Å²) in [6.45, 7) is 0. The molecule has 19 heavy (non-hydrogen) atoms. The average molecular weight is 269 g/mol. The Labute approximate surface area is 117 Å². The van der Waals surface area contributed by atoms with Crippen LogP contribution in [0.1, 0.15) is 17.5 Å². The van der Waals surface area contributed by atoms with E-state index in [-0.39, 0.29) is 0 Å². The van der Waals surface area contributed by atoms with Crippen molar-refractivity contribution >= 4 is 17.3 Å². The normalized spacial score (nSPS) is 20.6. The highest BCUT2D eigenvalue weighted by molar-refractivity contribution is 6.33. The van der Waals surface area contributed by atoms with E-state index in [1.54, 1.807) is 0 Å².